The van der Waals surface area contributed by atoms with Gasteiger partial charge in [0.15, 0.2) is 0 Å². The van der Waals surface area contributed by atoms with Crippen LogP contribution in [0.4, 0.5) is 0 Å². The van der Waals surface area contributed by atoms with Crippen molar-refractivity contribution in [2.45, 2.75) is 76.0 Å². The van der Waals surface area contributed by atoms with Crippen LogP contribution in [0.5, 0.6) is 0 Å². The van der Waals surface area contributed by atoms with Gasteiger partial charge < -0.3 is 14.7 Å². The number of aliphatic hydroxyl groups is 1. The Morgan fingerprint density at radius 2 is 1.78 bits per heavy atom. The summed E-state index contributed by atoms with van der Waals surface area (Å²) < 4.78 is 6.00. The molecule has 0 aromatic rings. The highest BCUT2D eigenvalue weighted by atomic mass is 16.5. The van der Waals surface area contributed by atoms with E-state index in [0.717, 1.165) is 51.9 Å². The zero-order chi connectivity index (χ0) is 16.5. The number of piperidine rings is 2. The molecule has 0 aromatic heterocycles. The van der Waals surface area contributed by atoms with Crippen LogP contribution in [-0.2, 0) is 9.53 Å². The first-order valence-corrected chi connectivity index (χ1v) is 9.29. The predicted octanol–water partition coefficient (Wildman–Crippen LogP) is 1.78. The van der Waals surface area contributed by atoms with Crippen molar-refractivity contribution in [2.24, 2.45) is 0 Å². The molecule has 0 bridgehead atoms. The second-order valence-electron chi connectivity index (χ2n) is 8.08. The number of hydrogen-bond acceptors (Lipinski definition) is 4. The molecule has 5 heteroatoms. The Labute approximate surface area is 140 Å². The van der Waals surface area contributed by atoms with E-state index in [1.807, 2.05) is 4.90 Å². The zero-order valence-electron chi connectivity index (χ0n) is 14.7. The molecule has 3 saturated heterocycles. The van der Waals surface area contributed by atoms with Gasteiger partial charge in [-0.1, -0.05) is 6.42 Å². The average molecular weight is 324 g/mol. The SMILES string of the molecule is CC(C)(C(=O)N1CCC2(CC1)CC(O)CCO2)N1CCCCC1. The Hall–Kier alpha value is -0.650. The summed E-state index contributed by atoms with van der Waals surface area (Å²) in [7, 11) is 0. The Kier molecular flexibility index (Phi) is 5.00. The molecule has 0 saturated carbocycles. The molecule has 1 atom stereocenters. The maximum atomic E-state index is 13.0. The number of carbonyl (C=O) groups excluding carboxylic acids is 1. The van der Waals surface area contributed by atoms with Gasteiger partial charge in [-0.25, -0.2) is 0 Å². The molecule has 23 heavy (non-hydrogen) atoms. The summed E-state index contributed by atoms with van der Waals surface area (Å²) in [5, 5.41) is 9.93. The van der Waals surface area contributed by atoms with Crippen molar-refractivity contribution in [3.8, 4) is 0 Å². The number of hydrogen-bond donors (Lipinski definition) is 1. The van der Waals surface area contributed by atoms with Crippen molar-refractivity contribution in [2.75, 3.05) is 32.8 Å². The fourth-order valence-electron chi connectivity index (χ4n) is 4.44. The minimum atomic E-state index is -0.405. The second kappa shape index (κ2) is 6.69. The lowest BCUT2D eigenvalue weighted by Gasteiger charge is -2.48. The number of likely N-dealkylation sites (tertiary alicyclic amines) is 2. The number of nitrogens with zero attached hydrogens (tertiary/aromatic N) is 2. The summed E-state index contributed by atoms with van der Waals surface area (Å²) in [5.41, 5.74) is -0.596. The van der Waals surface area contributed by atoms with Gasteiger partial charge in [-0.05, 0) is 59.0 Å². The Morgan fingerprint density at radius 3 is 2.39 bits per heavy atom. The van der Waals surface area contributed by atoms with Crippen LogP contribution in [0.3, 0.4) is 0 Å². The topological polar surface area (TPSA) is 53.0 Å². The van der Waals surface area contributed by atoms with Crippen molar-refractivity contribution in [1.29, 1.82) is 0 Å². The highest BCUT2D eigenvalue weighted by molar-refractivity contribution is 5.85. The molecule has 1 amide bonds. The maximum absolute atomic E-state index is 13.0. The Morgan fingerprint density at radius 1 is 1.13 bits per heavy atom. The molecule has 0 aromatic carbocycles. The van der Waals surface area contributed by atoms with Crippen molar-refractivity contribution >= 4 is 5.91 Å². The zero-order valence-corrected chi connectivity index (χ0v) is 14.7. The molecular formula is C18H32N2O3. The standard InChI is InChI=1S/C18H32N2O3/c1-17(2,20-9-4-3-5-10-20)16(22)19-11-7-18(8-12-19)14-15(21)6-13-23-18/h15,21H,3-14H2,1-2H3. The molecule has 5 nitrogen and oxygen atoms in total. The van der Waals surface area contributed by atoms with E-state index >= 15 is 0 Å². The highest BCUT2D eigenvalue weighted by Gasteiger charge is 2.44. The van der Waals surface area contributed by atoms with Gasteiger partial charge in [0, 0.05) is 26.1 Å². The molecule has 3 heterocycles. The van der Waals surface area contributed by atoms with E-state index in [-0.39, 0.29) is 17.6 Å². The smallest absolute Gasteiger partial charge is 0.242 e. The fourth-order valence-corrected chi connectivity index (χ4v) is 4.44. The molecular weight excluding hydrogens is 292 g/mol. The maximum Gasteiger partial charge on any atom is 0.242 e. The normalized spacial score (nSPS) is 29.7. The third-order valence-corrected chi connectivity index (χ3v) is 6.10. The van der Waals surface area contributed by atoms with E-state index in [1.54, 1.807) is 0 Å². The van der Waals surface area contributed by atoms with Crippen LogP contribution in [0.2, 0.25) is 0 Å². The lowest BCUT2D eigenvalue weighted by atomic mass is 9.82. The van der Waals surface area contributed by atoms with Crippen LogP contribution in [0, 0.1) is 0 Å². The Bertz CT molecular complexity index is 424. The summed E-state index contributed by atoms with van der Waals surface area (Å²) in [6, 6.07) is 0. The minimum absolute atomic E-state index is 0.191. The first-order valence-electron chi connectivity index (χ1n) is 9.29. The van der Waals surface area contributed by atoms with Gasteiger partial charge in [-0.2, -0.15) is 0 Å². The molecule has 3 fully saturated rings. The summed E-state index contributed by atoms with van der Waals surface area (Å²) in [6.07, 6.45) is 6.62. The first kappa shape index (κ1) is 17.2. The van der Waals surface area contributed by atoms with Crippen molar-refractivity contribution < 1.29 is 14.6 Å². The van der Waals surface area contributed by atoms with E-state index in [2.05, 4.69) is 18.7 Å². The van der Waals surface area contributed by atoms with Crippen molar-refractivity contribution in [3.63, 3.8) is 0 Å². The monoisotopic (exact) mass is 324 g/mol. The summed E-state index contributed by atoms with van der Waals surface area (Å²) in [6.45, 7) is 8.37. The van der Waals surface area contributed by atoms with E-state index in [9.17, 15) is 9.90 Å². The van der Waals surface area contributed by atoms with E-state index in [1.165, 1.54) is 19.3 Å². The van der Waals surface area contributed by atoms with Crippen LogP contribution in [0.1, 0.15) is 58.8 Å². The van der Waals surface area contributed by atoms with Crippen LogP contribution >= 0.6 is 0 Å². The fraction of sp³-hybridized carbons (Fsp3) is 0.944. The van der Waals surface area contributed by atoms with E-state index < -0.39 is 5.54 Å². The molecule has 1 spiro atoms. The molecule has 0 radical (unpaired) electrons. The van der Waals surface area contributed by atoms with Crippen LogP contribution < -0.4 is 0 Å². The average Bonchev–Trinajstić information content (AvgIpc) is 2.55. The molecule has 3 aliphatic rings. The highest BCUT2D eigenvalue weighted by Crippen LogP contribution is 2.36. The predicted molar refractivity (Wildman–Crippen MR) is 89.2 cm³/mol. The lowest BCUT2D eigenvalue weighted by molar-refractivity contribution is -0.160. The van der Waals surface area contributed by atoms with E-state index in [0.29, 0.717) is 6.61 Å². The van der Waals surface area contributed by atoms with Gasteiger partial charge in [0.1, 0.15) is 0 Å². The van der Waals surface area contributed by atoms with Crippen LogP contribution in [0.15, 0.2) is 0 Å². The first-order chi connectivity index (χ1) is 10.9. The van der Waals surface area contributed by atoms with Crippen molar-refractivity contribution in [1.82, 2.24) is 9.80 Å². The van der Waals surface area contributed by atoms with Crippen LogP contribution in [0.25, 0.3) is 0 Å². The molecule has 1 unspecified atom stereocenters. The Balaban J connectivity index is 1.59. The largest absolute Gasteiger partial charge is 0.393 e. The van der Waals surface area contributed by atoms with Gasteiger partial charge in [-0.15, -0.1) is 0 Å². The summed E-state index contributed by atoms with van der Waals surface area (Å²) in [4.78, 5) is 17.4. The van der Waals surface area contributed by atoms with Gasteiger partial charge >= 0.3 is 0 Å². The molecule has 3 rings (SSSR count). The van der Waals surface area contributed by atoms with Crippen LogP contribution in [-0.4, -0.2) is 70.8 Å². The minimum Gasteiger partial charge on any atom is -0.393 e. The third kappa shape index (κ3) is 3.57. The number of ether oxygens (including phenoxy) is 1. The number of rotatable bonds is 2. The number of aliphatic hydroxyl groups excluding tert-OH is 1. The molecule has 0 aliphatic carbocycles. The summed E-state index contributed by atoms with van der Waals surface area (Å²) >= 11 is 0. The van der Waals surface area contributed by atoms with Gasteiger partial charge in [0.25, 0.3) is 0 Å². The summed E-state index contributed by atoms with van der Waals surface area (Å²) in [5.74, 6) is 0.255. The number of amides is 1. The molecule has 1 N–H and O–H groups in total. The lowest BCUT2D eigenvalue weighted by Crippen LogP contribution is -2.60. The quantitative estimate of drug-likeness (QED) is 0.841. The van der Waals surface area contributed by atoms with E-state index in [4.69, 9.17) is 4.74 Å². The molecule has 132 valence electrons. The second-order valence-corrected chi connectivity index (χ2v) is 8.08. The van der Waals surface area contributed by atoms with Gasteiger partial charge in [0.05, 0.1) is 17.2 Å². The number of carbonyl (C=O) groups is 1. The van der Waals surface area contributed by atoms with Crippen molar-refractivity contribution in [3.05, 3.63) is 0 Å². The van der Waals surface area contributed by atoms with Gasteiger partial charge in [0.2, 0.25) is 5.91 Å². The molecule has 3 aliphatic heterocycles. The van der Waals surface area contributed by atoms with Gasteiger partial charge in [-0.3, -0.25) is 9.69 Å². The third-order valence-electron chi connectivity index (χ3n) is 6.10.